The third kappa shape index (κ3) is 6.93. The fraction of sp³-hybridized carbons (Fsp3) is 0.800. The molecular formula is C10H18NNaO3. The summed E-state index contributed by atoms with van der Waals surface area (Å²) in [6.07, 6.45) is 3.29. The van der Waals surface area contributed by atoms with Crippen LogP contribution < -0.4 is 34.7 Å². The van der Waals surface area contributed by atoms with Crippen molar-refractivity contribution >= 4 is 11.9 Å². The first-order valence-corrected chi connectivity index (χ1v) is 4.97. The van der Waals surface area contributed by atoms with Gasteiger partial charge in [-0.05, 0) is 13.3 Å². The standard InChI is InChI=1S/C10H19NO3.Na/c1-4-5-6-7-9(12)11(3)8(2)10(13)14;/h8H,4-7H2,1-3H3,(H,13,14);/q;+1/p-1/t8-;/m0./s1. The van der Waals surface area contributed by atoms with Crippen LogP contribution in [0, 0.1) is 0 Å². The van der Waals surface area contributed by atoms with Crippen LogP contribution in [0.3, 0.4) is 0 Å². The molecule has 0 radical (unpaired) electrons. The predicted octanol–water partition coefficient (Wildman–Crippen LogP) is -2.83. The second-order valence-corrected chi connectivity index (χ2v) is 3.46. The minimum atomic E-state index is -1.21. The van der Waals surface area contributed by atoms with Crippen molar-refractivity contribution in [2.75, 3.05) is 7.05 Å². The second kappa shape index (κ2) is 9.19. The first-order chi connectivity index (χ1) is 6.50. The van der Waals surface area contributed by atoms with Crippen LogP contribution in [0.5, 0.6) is 0 Å². The molecule has 0 unspecified atom stereocenters. The van der Waals surface area contributed by atoms with Gasteiger partial charge in [0.25, 0.3) is 0 Å². The van der Waals surface area contributed by atoms with Crippen LogP contribution in [0.1, 0.15) is 39.5 Å². The summed E-state index contributed by atoms with van der Waals surface area (Å²) in [5, 5.41) is 10.5. The van der Waals surface area contributed by atoms with Gasteiger partial charge in [-0.2, -0.15) is 0 Å². The van der Waals surface area contributed by atoms with E-state index in [1.807, 2.05) is 0 Å². The molecule has 82 valence electrons. The van der Waals surface area contributed by atoms with E-state index in [4.69, 9.17) is 0 Å². The van der Waals surface area contributed by atoms with Crippen LogP contribution in [-0.2, 0) is 9.59 Å². The van der Waals surface area contributed by atoms with E-state index in [9.17, 15) is 14.7 Å². The van der Waals surface area contributed by atoms with Crippen molar-refractivity contribution in [3.05, 3.63) is 0 Å². The number of carbonyl (C=O) groups is 2. The van der Waals surface area contributed by atoms with E-state index in [1.165, 1.54) is 18.9 Å². The van der Waals surface area contributed by atoms with E-state index >= 15 is 0 Å². The molecule has 4 nitrogen and oxygen atoms in total. The maximum atomic E-state index is 11.4. The number of amides is 1. The molecule has 0 spiro atoms. The predicted molar refractivity (Wildman–Crippen MR) is 51.4 cm³/mol. The number of nitrogens with zero attached hydrogens (tertiary/aromatic N) is 1. The van der Waals surface area contributed by atoms with Crippen molar-refractivity contribution in [1.82, 2.24) is 4.90 Å². The van der Waals surface area contributed by atoms with Crippen molar-refractivity contribution in [3.8, 4) is 0 Å². The summed E-state index contributed by atoms with van der Waals surface area (Å²) >= 11 is 0. The Morgan fingerprint density at radius 2 is 1.87 bits per heavy atom. The largest absolute Gasteiger partial charge is 1.00 e. The maximum absolute atomic E-state index is 11.4. The molecule has 1 amide bonds. The third-order valence-electron chi connectivity index (χ3n) is 2.31. The Balaban J connectivity index is 0. The van der Waals surface area contributed by atoms with Crippen molar-refractivity contribution in [3.63, 3.8) is 0 Å². The van der Waals surface area contributed by atoms with Crippen LogP contribution in [0.2, 0.25) is 0 Å². The SMILES string of the molecule is CCCCCC(=O)N(C)[C@@H](C)C(=O)[O-].[Na+]. The van der Waals surface area contributed by atoms with Crippen molar-refractivity contribution in [1.29, 1.82) is 0 Å². The Kier molecular flexibility index (Phi) is 10.6. The molecule has 0 fully saturated rings. The van der Waals surface area contributed by atoms with Gasteiger partial charge in [0.2, 0.25) is 5.91 Å². The number of hydrogen-bond acceptors (Lipinski definition) is 3. The fourth-order valence-electron chi connectivity index (χ4n) is 1.08. The molecule has 0 aliphatic rings. The molecule has 15 heavy (non-hydrogen) atoms. The monoisotopic (exact) mass is 223 g/mol. The molecule has 0 bridgehead atoms. The van der Waals surface area contributed by atoms with Crippen LogP contribution in [0.4, 0.5) is 0 Å². The normalized spacial score (nSPS) is 11.4. The van der Waals surface area contributed by atoms with Gasteiger partial charge >= 0.3 is 29.6 Å². The van der Waals surface area contributed by atoms with E-state index in [-0.39, 0.29) is 35.5 Å². The number of likely N-dealkylation sites (N-methyl/N-ethyl adjacent to an activating group) is 1. The van der Waals surface area contributed by atoms with Gasteiger partial charge in [0.05, 0.1) is 12.0 Å². The molecule has 0 aromatic heterocycles. The zero-order chi connectivity index (χ0) is 11.1. The first kappa shape index (κ1) is 17.3. The smallest absolute Gasteiger partial charge is 0.548 e. The number of aliphatic carboxylic acids is 1. The molecule has 0 N–H and O–H groups in total. The Labute approximate surface area is 113 Å². The van der Waals surface area contributed by atoms with Gasteiger partial charge < -0.3 is 14.8 Å². The molecule has 0 aliphatic heterocycles. The number of carbonyl (C=O) groups excluding carboxylic acids is 2. The Hall–Kier alpha value is -0.0600. The quantitative estimate of drug-likeness (QED) is 0.360. The number of carboxylic acid groups (broad SMARTS) is 1. The summed E-state index contributed by atoms with van der Waals surface area (Å²) in [5.41, 5.74) is 0. The minimum absolute atomic E-state index is 0. The average molecular weight is 223 g/mol. The average Bonchev–Trinajstić information content (AvgIpc) is 2.15. The molecule has 0 saturated heterocycles. The summed E-state index contributed by atoms with van der Waals surface area (Å²) in [4.78, 5) is 23.1. The molecule has 0 rings (SSSR count). The summed E-state index contributed by atoms with van der Waals surface area (Å²) in [7, 11) is 1.49. The van der Waals surface area contributed by atoms with E-state index in [0.717, 1.165) is 19.3 Å². The first-order valence-electron chi connectivity index (χ1n) is 4.97. The zero-order valence-corrected chi connectivity index (χ0v) is 12.1. The molecule has 1 atom stereocenters. The van der Waals surface area contributed by atoms with Crippen LogP contribution in [-0.4, -0.2) is 29.9 Å². The van der Waals surface area contributed by atoms with Crippen LogP contribution in [0.25, 0.3) is 0 Å². The van der Waals surface area contributed by atoms with Gasteiger partial charge in [-0.3, -0.25) is 4.79 Å². The van der Waals surface area contributed by atoms with Gasteiger partial charge in [-0.15, -0.1) is 0 Å². The van der Waals surface area contributed by atoms with Crippen molar-refractivity contribution in [2.45, 2.75) is 45.6 Å². The molecule has 0 heterocycles. The summed E-state index contributed by atoms with van der Waals surface area (Å²) in [6, 6.07) is -0.843. The topological polar surface area (TPSA) is 60.4 Å². The summed E-state index contributed by atoms with van der Waals surface area (Å²) < 4.78 is 0. The molecule has 0 saturated carbocycles. The van der Waals surface area contributed by atoms with Crippen LogP contribution in [0.15, 0.2) is 0 Å². The molecule has 5 heteroatoms. The number of hydrogen-bond donors (Lipinski definition) is 0. The van der Waals surface area contributed by atoms with Gasteiger partial charge in [-0.25, -0.2) is 0 Å². The number of rotatable bonds is 6. The van der Waals surface area contributed by atoms with E-state index < -0.39 is 12.0 Å². The molecule has 0 aromatic rings. The van der Waals surface area contributed by atoms with Gasteiger partial charge in [-0.1, -0.05) is 19.8 Å². The van der Waals surface area contributed by atoms with E-state index in [1.54, 1.807) is 0 Å². The van der Waals surface area contributed by atoms with E-state index in [2.05, 4.69) is 6.92 Å². The number of unbranched alkanes of at least 4 members (excludes halogenated alkanes) is 2. The zero-order valence-electron chi connectivity index (χ0n) is 10.1. The van der Waals surface area contributed by atoms with Crippen molar-refractivity contribution < 1.29 is 44.3 Å². The van der Waals surface area contributed by atoms with Crippen LogP contribution >= 0.6 is 0 Å². The second-order valence-electron chi connectivity index (χ2n) is 3.46. The van der Waals surface area contributed by atoms with E-state index in [0.29, 0.717) is 6.42 Å². The van der Waals surface area contributed by atoms with Gasteiger partial charge in [0.1, 0.15) is 0 Å². The van der Waals surface area contributed by atoms with Crippen molar-refractivity contribution in [2.24, 2.45) is 0 Å². The fourth-order valence-corrected chi connectivity index (χ4v) is 1.08. The minimum Gasteiger partial charge on any atom is -0.548 e. The molecule has 0 aliphatic carbocycles. The summed E-state index contributed by atoms with van der Waals surface area (Å²) in [6.45, 7) is 3.50. The molecule has 0 aromatic carbocycles. The Morgan fingerprint density at radius 1 is 1.33 bits per heavy atom. The maximum Gasteiger partial charge on any atom is 1.00 e. The Morgan fingerprint density at radius 3 is 2.27 bits per heavy atom. The Bertz CT molecular complexity index is 209. The third-order valence-corrected chi connectivity index (χ3v) is 2.31. The van der Waals surface area contributed by atoms with Gasteiger partial charge in [0, 0.05) is 13.5 Å². The number of carboxylic acids is 1. The van der Waals surface area contributed by atoms with Gasteiger partial charge in [0.15, 0.2) is 0 Å². The summed E-state index contributed by atoms with van der Waals surface area (Å²) in [5.74, 6) is -1.34. The molecular weight excluding hydrogens is 205 g/mol.